The Morgan fingerprint density at radius 3 is 2.61 bits per heavy atom. The molecular formula is C16H25ClF2N2O2. The summed E-state index contributed by atoms with van der Waals surface area (Å²) in [6, 6.07) is 6.12. The number of hydrogen-bond acceptors (Lipinski definition) is 3. The van der Waals surface area contributed by atoms with Crippen molar-refractivity contribution in [2.75, 3.05) is 6.54 Å². The topological polar surface area (TPSA) is 64.4 Å². The van der Waals surface area contributed by atoms with Gasteiger partial charge in [0.25, 0.3) is 0 Å². The fourth-order valence-electron chi connectivity index (χ4n) is 2.14. The zero-order valence-electron chi connectivity index (χ0n) is 13.3. The van der Waals surface area contributed by atoms with Crippen LogP contribution in [0.5, 0.6) is 5.75 Å². The average Bonchev–Trinajstić information content (AvgIpc) is 2.46. The summed E-state index contributed by atoms with van der Waals surface area (Å²) >= 11 is 0. The number of nitrogens with two attached hydrogens (primary N) is 1. The quantitative estimate of drug-likeness (QED) is 0.631. The molecule has 0 aliphatic rings. The Bertz CT molecular complexity index is 461. The van der Waals surface area contributed by atoms with E-state index in [1.807, 2.05) is 6.92 Å². The molecule has 3 N–H and O–H groups in total. The first-order valence-corrected chi connectivity index (χ1v) is 7.57. The standard InChI is InChI=1S/C16H24F2N2O2.ClH/c1-12(20-15(21)9-4-2-3-5-10-19)13-7-6-8-14(11-13)22-16(17)18;/h6-8,11-12,16H,2-5,9-10,19H2,1H3,(H,20,21);1H. The molecule has 0 aromatic heterocycles. The van der Waals surface area contributed by atoms with Gasteiger partial charge in [-0.3, -0.25) is 4.79 Å². The minimum Gasteiger partial charge on any atom is -0.435 e. The highest BCUT2D eigenvalue weighted by Gasteiger charge is 2.11. The van der Waals surface area contributed by atoms with Crippen LogP contribution >= 0.6 is 12.4 Å². The summed E-state index contributed by atoms with van der Waals surface area (Å²) in [7, 11) is 0. The molecule has 0 aliphatic carbocycles. The summed E-state index contributed by atoms with van der Waals surface area (Å²) in [5.41, 5.74) is 6.14. The van der Waals surface area contributed by atoms with Crippen molar-refractivity contribution in [3.05, 3.63) is 29.8 Å². The number of alkyl halides is 2. The van der Waals surface area contributed by atoms with E-state index in [0.29, 0.717) is 13.0 Å². The molecule has 0 bridgehead atoms. The van der Waals surface area contributed by atoms with E-state index in [1.54, 1.807) is 12.1 Å². The van der Waals surface area contributed by atoms with Crippen molar-refractivity contribution in [3.63, 3.8) is 0 Å². The van der Waals surface area contributed by atoms with E-state index in [-0.39, 0.29) is 30.1 Å². The zero-order chi connectivity index (χ0) is 16.4. The predicted octanol–water partition coefficient (Wildman–Crippen LogP) is 3.80. The third-order valence-electron chi connectivity index (χ3n) is 3.32. The van der Waals surface area contributed by atoms with Crippen molar-refractivity contribution in [1.82, 2.24) is 5.32 Å². The lowest BCUT2D eigenvalue weighted by molar-refractivity contribution is -0.121. The molecule has 1 aromatic rings. The number of benzene rings is 1. The van der Waals surface area contributed by atoms with E-state index in [0.717, 1.165) is 31.2 Å². The van der Waals surface area contributed by atoms with E-state index in [9.17, 15) is 13.6 Å². The van der Waals surface area contributed by atoms with Crippen LogP contribution in [-0.2, 0) is 4.79 Å². The molecule has 0 saturated heterocycles. The molecule has 1 rings (SSSR count). The second-order valence-electron chi connectivity index (χ2n) is 5.19. The van der Waals surface area contributed by atoms with Crippen LogP contribution in [0.3, 0.4) is 0 Å². The molecule has 1 unspecified atom stereocenters. The first kappa shape index (κ1) is 21.6. The van der Waals surface area contributed by atoms with Gasteiger partial charge in [0.15, 0.2) is 0 Å². The third-order valence-corrected chi connectivity index (χ3v) is 3.32. The summed E-state index contributed by atoms with van der Waals surface area (Å²) in [4.78, 5) is 11.8. The molecule has 0 fully saturated rings. The van der Waals surface area contributed by atoms with Gasteiger partial charge < -0.3 is 15.8 Å². The number of nitrogens with one attached hydrogen (secondary N) is 1. The highest BCUT2D eigenvalue weighted by molar-refractivity contribution is 5.85. The van der Waals surface area contributed by atoms with Gasteiger partial charge in [-0.25, -0.2) is 0 Å². The van der Waals surface area contributed by atoms with Gasteiger partial charge in [-0.05, 0) is 44.0 Å². The SMILES string of the molecule is CC(NC(=O)CCCCCCN)c1cccc(OC(F)F)c1.Cl. The van der Waals surface area contributed by atoms with Gasteiger partial charge in [0, 0.05) is 6.42 Å². The largest absolute Gasteiger partial charge is 0.435 e. The minimum absolute atomic E-state index is 0. The van der Waals surface area contributed by atoms with Gasteiger partial charge >= 0.3 is 6.61 Å². The van der Waals surface area contributed by atoms with Crippen LogP contribution in [0.4, 0.5) is 8.78 Å². The number of carbonyl (C=O) groups is 1. The van der Waals surface area contributed by atoms with Crippen molar-refractivity contribution < 1.29 is 18.3 Å². The molecule has 4 nitrogen and oxygen atoms in total. The summed E-state index contributed by atoms with van der Waals surface area (Å²) < 4.78 is 28.7. The van der Waals surface area contributed by atoms with Gasteiger partial charge in [0.1, 0.15) is 5.75 Å². The second kappa shape index (κ2) is 12.1. The van der Waals surface area contributed by atoms with E-state index in [4.69, 9.17) is 5.73 Å². The smallest absolute Gasteiger partial charge is 0.387 e. The van der Waals surface area contributed by atoms with Crippen molar-refractivity contribution in [2.24, 2.45) is 5.73 Å². The van der Waals surface area contributed by atoms with Crippen LogP contribution in [0.15, 0.2) is 24.3 Å². The summed E-state index contributed by atoms with van der Waals surface area (Å²) in [5, 5.41) is 2.86. The normalized spacial score (nSPS) is 11.7. The lowest BCUT2D eigenvalue weighted by atomic mass is 10.1. The van der Waals surface area contributed by atoms with Crippen molar-refractivity contribution in [1.29, 1.82) is 0 Å². The van der Waals surface area contributed by atoms with Crippen LogP contribution in [0, 0.1) is 0 Å². The van der Waals surface area contributed by atoms with Gasteiger partial charge in [-0.1, -0.05) is 25.0 Å². The number of carbonyl (C=O) groups excluding carboxylic acids is 1. The van der Waals surface area contributed by atoms with Gasteiger partial charge in [-0.15, -0.1) is 12.4 Å². The van der Waals surface area contributed by atoms with Crippen LogP contribution in [0.25, 0.3) is 0 Å². The van der Waals surface area contributed by atoms with Crippen molar-refractivity contribution >= 4 is 18.3 Å². The molecule has 1 atom stereocenters. The molecule has 0 aliphatic heterocycles. The van der Waals surface area contributed by atoms with Crippen LogP contribution in [0.2, 0.25) is 0 Å². The fraction of sp³-hybridized carbons (Fsp3) is 0.562. The van der Waals surface area contributed by atoms with Crippen molar-refractivity contribution in [2.45, 2.75) is 51.7 Å². The molecule has 1 aromatic carbocycles. The maximum absolute atomic E-state index is 12.2. The van der Waals surface area contributed by atoms with Gasteiger partial charge in [0.2, 0.25) is 5.91 Å². The molecule has 0 spiro atoms. The Hall–Kier alpha value is -1.40. The Labute approximate surface area is 142 Å². The minimum atomic E-state index is -2.85. The van der Waals surface area contributed by atoms with Crippen LogP contribution in [-0.4, -0.2) is 19.1 Å². The molecule has 0 saturated carbocycles. The Morgan fingerprint density at radius 2 is 1.96 bits per heavy atom. The number of rotatable bonds is 10. The average molecular weight is 351 g/mol. The van der Waals surface area contributed by atoms with Gasteiger partial charge in [-0.2, -0.15) is 8.78 Å². The highest BCUT2D eigenvalue weighted by Crippen LogP contribution is 2.20. The van der Waals surface area contributed by atoms with E-state index in [2.05, 4.69) is 10.1 Å². The number of ether oxygens (including phenoxy) is 1. The monoisotopic (exact) mass is 350 g/mol. The van der Waals surface area contributed by atoms with E-state index < -0.39 is 6.61 Å². The molecule has 0 heterocycles. The summed E-state index contributed by atoms with van der Waals surface area (Å²) in [6.45, 7) is -0.359. The summed E-state index contributed by atoms with van der Waals surface area (Å²) in [6.07, 6.45) is 4.28. The number of amides is 1. The first-order chi connectivity index (χ1) is 10.5. The lowest BCUT2D eigenvalue weighted by Gasteiger charge is -2.15. The molecule has 132 valence electrons. The maximum Gasteiger partial charge on any atom is 0.387 e. The Morgan fingerprint density at radius 1 is 1.26 bits per heavy atom. The van der Waals surface area contributed by atoms with E-state index >= 15 is 0 Å². The summed E-state index contributed by atoms with van der Waals surface area (Å²) in [5.74, 6) is 0.0517. The van der Waals surface area contributed by atoms with E-state index in [1.165, 1.54) is 12.1 Å². The van der Waals surface area contributed by atoms with Gasteiger partial charge in [0.05, 0.1) is 6.04 Å². The zero-order valence-corrected chi connectivity index (χ0v) is 14.1. The highest BCUT2D eigenvalue weighted by atomic mass is 35.5. The number of hydrogen-bond donors (Lipinski definition) is 2. The number of halogens is 3. The molecule has 7 heteroatoms. The first-order valence-electron chi connectivity index (χ1n) is 7.57. The maximum atomic E-state index is 12.2. The third kappa shape index (κ3) is 9.36. The lowest BCUT2D eigenvalue weighted by Crippen LogP contribution is -2.26. The van der Waals surface area contributed by atoms with Crippen molar-refractivity contribution in [3.8, 4) is 5.75 Å². The Kier molecular flexibility index (Phi) is 11.3. The van der Waals surface area contributed by atoms with Crippen LogP contribution < -0.4 is 15.8 Å². The van der Waals surface area contributed by atoms with Crippen LogP contribution in [0.1, 0.15) is 50.6 Å². The fourth-order valence-corrected chi connectivity index (χ4v) is 2.14. The molecule has 0 radical (unpaired) electrons. The molecular weight excluding hydrogens is 326 g/mol. The number of unbranched alkanes of at least 4 members (excludes halogenated alkanes) is 3. The Balaban J connectivity index is 0.00000484. The predicted molar refractivity (Wildman–Crippen MR) is 89.0 cm³/mol. The molecule has 1 amide bonds. The second-order valence-corrected chi connectivity index (χ2v) is 5.19. The molecule has 23 heavy (non-hydrogen) atoms.